The highest BCUT2D eigenvalue weighted by Gasteiger charge is 2.30. The predicted molar refractivity (Wildman–Crippen MR) is 80.5 cm³/mol. The Hall–Kier alpha value is -1.69. The van der Waals surface area contributed by atoms with E-state index in [1.807, 2.05) is 24.0 Å². The first-order valence-electron chi connectivity index (χ1n) is 8.02. The summed E-state index contributed by atoms with van der Waals surface area (Å²) in [5.41, 5.74) is 0.884. The van der Waals surface area contributed by atoms with Gasteiger partial charge in [-0.2, -0.15) is 5.10 Å². The molecule has 1 unspecified atom stereocenters. The molecule has 3 rings (SSSR count). The molecule has 2 aliphatic heterocycles. The molecule has 1 amide bonds. The maximum Gasteiger partial charge on any atom is 0.233 e. The Bertz CT molecular complexity index is 492. The smallest absolute Gasteiger partial charge is 0.233 e. The highest BCUT2D eigenvalue weighted by molar-refractivity contribution is 5.79. The summed E-state index contributed by atoms with van der Waals surface area (Å²) in [5, 5.41) is 7.99. The molecule has 2 aliphatic rings. The summed E-state index contributed by atoms with van der Waals surface area (Å²) < 4.78 is 11.0. The number of carbonyl (C=O) groups excluding carboxylic acids is 1. The molecule has 0 radical (unpaired) electrons. The van der Waals surface area contributed by atoms with E-state index in [2.05, 4.69) is 10.2 Å². The summed E-state index contributed by atoms with van der Waals surface area (Å²) >= 11 is 0. The molecular formula is C16H23N3O3. The minimum absolute atomic E-state index is 0.0793. The Morgan fingerprint density at radius 3 is 2.77 bits per heavy atom. The molecule has 6 heteroatoms. The van der Waals surface area contributed by atoms with Crippen molar-refractivity contribution in [1.29, 1.82) is 0 Å². The lowest BCUT2D eigenvalue weighted by atomic mass is 9.96. The Morgan fingerprint density at radius 1 is 1.32 bits per heavy atom. The van der Waals surface area contributed by atoms with Gasteiger partial charge in [-0.25, -0.2) is 0 Å². The average Bonchev–Trinajstić information content (AvgIpc) is 3.09. The van der Waals surface area contributed by atoms with E-state index in [9.17, 15) is 4.79 Å². The molecular weight excluding hydrogens is 282 g/mol. The van der Waals surface area contributed by atoms with E-state index in [4.69, 9.17) is 9.47 Å². The van der Waals surface area contributed by atoms with Gasteiger partial charge in [-0.3, -0.25) is 4.79 Å². The van der Waals surface area contributed by atoms with Crippen LogP contribution in [0.3, 0.4) is 0 Å². The number of ether oxygens (including phenoxy) is 2. The molecule has 120 valence electrons. The fourth-order valence-electron chi connectivity index (χ4n) is 2.97. The van der Waals surface area contributed by atoms with Crippen molar-refractivity contribution in [3.8, 4) is 5.88 Å². The van der Waals surface area contributed by atoms with Crippen LogP contribution in [-0.2, 0) is 9.53 Å². The van der Waals surface area contributed by atoms with Crippen LogP contribution in [0.1, 0.15) is 25.0 Å². The van der Waals surface area contributed by atoms with Crippen LogP contribution in [0, 0.1) is 18.8 Å². The summed E-state index contributed by atoms with van der Waals surface area (Å²) in [4.78, 5) is 14.3. The lowest BCUT2D eigenvalue weighted by molar-refractivity contribution is -0.137. The normalized spacial score (nSPS) is 22.8. The SMILES string of the molecule is Cc1ccc(OCC2CCN(C(=O)C3CCOC3)CC2)nn1. The zero-order valence-electron chi connectivity index (χ0n) is 13.0. The number of aromatic nitrogens is 2. The molecule has 0 saturated carbocycles. The van der Waals surface area contributed by atoms with Crippen LogP contribution >= 0.6 is 0 Å². The van der Waals surface area contributed by atoms with Gasteiger partial charge in [0.1, 0.15) is 0 Å². The summed E-state index contributed by atoms with van der Waals surface area (Å²) in [6.45, 7) is 5.50. The summed E-state index contributed by atoms with van der Waals surface area (Å²) in [7, 11) is 0. The van der Waals surface area contributed by atoms with Gasteiger partial charge in [0.25, 0.3) is 0 Å². The van der Waals surface area contributed by atoms with Crippen LogP contribution < -0.4 is 4.74 Å². The van der Waals surface area contributed by atoms with Crippen LogP contribution in [0.2, 0.25) is 0 Å². The monoisotopic (exact) mass is 305 g/mol. The summed E-state index contributed by atoms with van der Waals surface area (Å²) in [5.74, 6) is 1.40. The largest absolute Gasteiger partial charge is 0.476 e. The van der Waals surface area contributed by atoms with Crippen LogP contribution in [0.25, 0.3) is 0 Å². The van der Waals surface area contributed by atoms with Crippen molar-refractivity contribution in [3.05, 3.63) is 17.8 Å². The molecule has 1 atom stereocenters. The Morgan fingerprint density at radius 2 is 2.14 bits per heavy atom. The van der Waals surface area contributed by atoms with Gasteiger partial charge in [0.2, 0.25) is 11.8 Å². The van der Waals surface area contributed by atoms with E-state index in [-0.39, 0.29) is 11.8 Å². The highest BCUT2D eigenvalue weighted by Crippen LogP contribution is 2.22. The minimum Gasteiger partial charge on any atom is -0.476 e. The first-order chi connectivity index (χ1) is 10.7. The van der Waals surface area contributed by atoms with Crippen molar-refractivity contribution in [2.75, 3.05) is 32.9 Å². The number of piperidine rings is 1. The molecule has 22 heavy (non-hydrogen) atoms. The molecule has 0 aromatic carbocycles. The zero-order chi connectivity index (χ0) is 15.4. The molecule has 0 spiro atoms. The van der Waals surface area contributed by atoms with Crippen LogP contribution in [0.15, 0.2) is 12.1 Å². The van der Waals surface area contributed by atoms with E-state index in [1.54, 1.807) is 0 Å². The van der Waals surface area contributed by atoms with Crippen molar-refractivity contribution in [2.24, 2.45) is 11.8 Å². The molecule has 0 N–H and O–H groups in total. The Kier molecular flexibility index (Phi) is 4.87. The lowest BCUT2D eigenvalue weighted by Gasteiger charge is -2.33. The molecule has 2 saturated heterocycles. The molecule has 6 nitrogen and oxygen atoms in total. The fourth-order valence-corrected chi connectivity index (χ4v) is 2.97. The predicted octanol–water partition coefficient (Wildman–Crippen LogP) is 1.44. The topological polar surface area (TPSA) is 64.5 Å². The van der Waals surface area contributed by atoms with Gasteiger partial charge in [0.15, 0.2) is 0 Å². The first-order valence-corrected chi connectivity index (χ1v) is 8.02. The quantitative estimate of drug-likeness (QED) is 0.842. The molecule has 0 bridgehead atoms. The lowest BCUT2D eigenvalue weighted by Crippen LogP contribution is -2.42. The fraction of sp³-hybridized carbons (Fsp3) is 0.688. The molecule has 0 aliphatic carbocycles. The van der Waals surface area contributed by atoms with E-state index in [0.717, 1.165) is 44.7 Å². The van der Waals surface area contributed by atoms with E-state index >= 15 is 0 Å². The number of amides is 1. The minimum atomic E-state index is 0.0793. The van der Waals surface area contributed by atoms with Gasteiger partial charge in [-0.15, -0.1) is 5.10 Å². The highest BCUT2D eigenvalue weighted by atomic mass is 16.5. The zero-order valence-corrected chi connectivity index (χ0v) is 13.0. The molecule has 1 aromatic rings. The van der Waals surface area contributed by atoms with Gasteiger partial charge in [-0.05, 0) is 38.2 Å². The van der Waals surface area contributed by atoms with Crippen molar-refractivity contribution in [3.63, 3.8) is 0 Å². The Balaban J connectivity index is 1.41. The van der Waals surface area contributed by atoms with Gasteiger partial charge in [-0.1, -0.05) is 0 Å². The number of likely N-dealkylation sites (tertiary alicyclic amines) is 1. The molecule has 1 aromatic heterocycles. The van der Waals surface area contributed by atoms with Crippen LogP contribution in [0.4, 0.5) is 0 Å². The number of hydrogen-bond donors (Lipinski definition) is 0. The van der Waals surface area contributed by atoms with Gasteiger partial charge in [0, 0.05) is 25.8 Å². The van der Waals surface area contributed by atoms with E-state index in [0.29, 0.717) is 25.0 Å². The van der Waals surface area contributed by atoms with Crippen molar-refractivity contribution in [1.82, 2.24) is 15.1 Å². The van der Waals surface area contributed by atoms with Gasteiger partial charge >= 0.3 is 0 Å². The van der Waals surface area contributed by atoms with Crippen molar-refractivity contribution < 1.29 is 14.3 Å². The number of aryl methyl sites for hydroxylation is 1. The van der Waals surface area contributed by atoms with Gasteiger partial charge in [0.05, 0.1) is 24.8 Å². The number of rotatable bonds is 4. The standard InChI is InChI=1S/C16H23N3O3/c1-12-2-3-15(18-17-12)22-10-13-4-7-19(8-5-13)16(20)14-6-9-21-11-14/h2-3,13-14H,4-11H2,1H3. The number of nitrogens with zero attached hydrogens (tertiary/aromatic N) is 3. The second-order valence-electron chi connectivity index (χ2n) is 6.15. The second-order valence-corrected chi connectivity index (χ2v) is 6.15. The third-order valence-corrected chi connectivity index (χ3v) is 4.45. The number of carbonyl (C=O) groups is 1. The van der Waals surface area contributed by atoms with Gasteiger partial charge < -0.3 is 14.4 Å². The third kappa shape index (κ3) is 3.74. The summed E-state index contributed by atoms with van der Waals surface area (Å²) in [6, 6.07) is 3.74. The summed E-state index contributed by atoms with van der Waals surface area (Å²) in [6.07, 6.45) is 2.84. The molecule has 2 fully saturated rings. The van der Waals surface area contributed by atoms with Crippen molar-refractivity contribution >= 4 is 5.91 Å². The second kappa shape index (κ2) is 7.05. The number of hydrogen-bond acceptors (Lipinski definition) is 5. The Labute approximate surface area is 130 Å². The van der Waals surface area contributed by atoms with Crippen LogP contribution in [-0.4, -0.2) is 53.9 Å². The maximum absolute atomic E-state index is 12.3. The van der Waals surface area contributed by atoms with Crippen molar-refractivity contribution in [2.45, 2.75) is 26.2 Å². The molecule has 3 heterocycles. The van der Waals surface area contributed by atoms with Crippen LogP contribution in [0.5, 0.6) is 5.88 Å². The van der Waals surface area contributed by atoms with E-state index < -0.39 is 0 Å². The third-order valence-electron chi connectivity index (χ3n) is 4.45. The van der Waals surface area contributed by atoms with E-state index in [1.165, 1.54) is 0 Å². The first kappa shape index (κ1) is 15.2. The maximum atomic E-state index is 12.3. The average molecular weight is 305 g/mol.